The minimum Gasteiger partial charge on any atom is -0.367 e. The summed E-state index contributed by atoms with van der Waals surface area (Å²) in [7, 11) is 1.52. The zero-order valence-corrected chi connectivity index (χ0v) is 11.0. The maximum atomic E-state index is 12.1. The van der Waals surface area contributed by atoms with Crippen LogP contribution < -0.4 is 5.32 Å². The summed E-state index contributed by atoms with van der Waals surface area (Å²) in [5.74, 6) is -0.210. The first kappa shape index (κ1) is 12.7. The van der Waals surface area contributed by atoms with Crippen molar-refractivity contribution < 1.29 is 9.53 Å². The normalized spacial score (nSPS) is 12.1. The lowest BCUT2D eigenvalue weighted by Crippen LogP contribution is -2.22. The van der Waals surface area contributed by atoms with Gasteiger partial charge in [-0.1, -0.05) is 30.3 Å². The van der Waals surface area contributed by atoms with Gasteiger partial charge in [-0.3, -0.25) is 10.1 Å². The Bertz CT molecular complexity index is 525. The molecule has 0 saturated heterocycles. The molecule has 5 heteroatoms. The molecule has 2 rings (SSSR count). The van der Waals surface area contributed by atoms with Gasteiger partial charge in [-0.05, 0) is 12.5 Å². The number of hydrogen-bond acceptors (Lipinski definition) is 4. The van der Waals surface area contributed by atoms with Crippen LogP contribution in [0, 0.1) is 6.92 Å². The highest BCUT2D eigenvalue weighted by Gasteiger charge is 2.20. The molecule has 0 saturated carbocycles. The third kappa shape index (κ3) is 2.94. The Balaban J connectivity index is 2.11. The summed E-state index contributed by atoms with van der Waals surface area (Å²) in [6.45, 7) is 1.94. The number of methoxy groups -OCH3 is 1. The Morgan fingerprint density at radius 2 is 2.11 bits per heavy atom. The van der Waals surface area contributed by atoms with Crippen molar-refractivity contribution in [2.75, 3.05) is 12.4 Å². The predicted octanol–water partition coefficient (Wildman–Crippen LogP) is 2.78. The molecule has 0 aliphatic rings. The quantitative estimate of drug-likeness (QED) is 0.921. The van der Waals surface area contributed by atoms with E-state index in [1.54, 1.807) is 6.20 Å². The molecule has 1 heterocycles. The van der Waals surface area contributed by atoms with Crippen molar-refractivity contribution in [3.05, 3.63) is 47.0 Å². The molecule has 0 aliphatic carbocycles. The maximum Gasteiger partial charge on any atom is 0.259 e. The van der Waals surface area contributed by atoms with Crippen molar-refractivity contribution in [3.63, 3.8) is 0 Å². The lowest BCUT2D eigenvalue weighted by molar-refractivity contribution is -0.126. The van der Waals surface area contributed by atoms with Crippen molar-refractivity contribution in [1.29, 1.82) is 0 Å². The fraction of sp³-hybridized carbons (Fsp3) is 0.231. The van der Waals surface area contributed by atoms with E-state index >= 15 is 0 Å². The monoisotopic (exact) mass is 262 g/mol. The Labute approximate surface area is 110 Å². The number of carbonyl (C=O) groups excluding carboxylic acids is 1. The number of carbonyl (C=O) groups is 1. The summed E-state index contributed by atoms with van der Waals surface area (Å²) in [6.07, 6.45) is 1.11. The number of benzene rings is 1. The van der Waals surface area contributed by atoms with Crippen molar-refractivity contribution in [2.24, 2.45) is 0 Å². The van der Waals surface area contributed by atoms with Crippen LogP contribution in [0.15, 0.2) is 36.5 Å². The molecule has 1 atom stereocenters. The van der Waals surface area contributed by atoms with Gasteiger partial charge in [0.2, 0.25) is 0 Å². The summed E-state index contributed by atoms with van der Waals surface area (Å²) < 4.78 is 5.24. The van der Waals surface area contributed by atoms with Crippen LogP contribution in [0.3, 0.4) is 0 Å². The third-order valence-corrected chi connectivity index (χ3v) is 3.26. The van der Waals surface area contributed by atoms with Gasteiger partial charge >= 0.3 is 0 Å². The van der Waals surface area contributed by atoms with Gasteiger partial charge < -0.3 is 4.74 Å². The molecule has 0 fully saturated rings. The van der Waals surface area contributed by atoms with Gasteiger partial charge in [0.1, 0.15) is 0 Å². The van der Waals surface area contributed by atoms with E-state index in [2.05, 4.69) is 10.3 Å². The van der Waals surface area contributed by atoms with Gasteiger partial charge in [0.25, 0.3) is 5.91 Å². The van der Waals surface area contributed by atoms with Gasteiger partial charge in [0.05, 0.1) is 0 Å². The highest BCUT2D eigenvalue weighted by atomic mass is 32.1. The highest BCUT2D eigenvalue weighted by Crippen LogP contribution is 2.21. The van der Waals surface area contributed by atoms with Crippen molar-refractivity contribution in [3.8, 4) is 0 Å². The number of nitrogens with one attached hydrogen (secondary N) is 1. The second kappa shape index (κ2) is 5.75. The minimum atomic E-state index is -0.615. The molecule has 1 N–H and O–H groups in total. The van der Waals surface area contributed by atoms with Crippen LogP contribution >= 0.6 is 11.3 Å². The fourth-order valence-corrected chi connectivity index (χ4v) is 2.27. The van der Waals surface area contributed by atoms with Gasteiger partial charge in [-0.25, -0.2) is 4.98 Å². The minimum absolute atomic E-state index is 0.210. The van der Waals surface area contributed by atoms with Crippen LogP contribution in [0.5, 0.6) is 0 Å². The number of thiazole rings is 1. The van der Waals surface area contributed by atoms with E-state index < -0.39 is 6.10 Å². The number of aryl methyl sites for hydroxylation is 1. The van der Waals surface area contributed by atoms with E-state index in [0.717, 1.165) is 10.4 Å². The number of nitrogens with zero attached hydrogens (tertiary/aromatic N) is 1. The zero-order chi connectivity index (χ0) is 13.0. The molecule has 2 aromatic rings. The Morgan fingerprint density at radius 1 is 1.39 bits per heavy atom. The zero-order valence-electron chi connectivity index (χ0n) is 10.2. The molecule has 0 bridgehead atoms. The average molecular weight is 262 g/mol. The van der Waals surface area contributed by atoms with Crippen LogP contribution in [0.1, 0.15) is 16.5 Å². The van der Waals surface area contributed by atoms with Gasteiger partial charge in [0.15, 0.2) is 11.2 Å². The summed E-state index contributed by atoms with van der Waals surface area (Å²) in [5.41, 5.74) is 0.825. The molecule has 1 aromatic heterocycles. The van der Waals surface area contributed by atoms with Gasteiger partial charge in [-0.15, -0.1) is 11.3 Å². The molecule has 94 valence electrons. The van der Waals surface area contributed by atoms with E-state index in [1.165, 1.54) is 18.4 Å². The van der Waals surface area contributed by atoms with E-state index in [1.807, 2.05) is 37.3 Å². The molecule has 4 nitrogen and oxygen atoms in total. The van der Waals surface area contributed by atoms with E-state index in [9.17, 15) is 4.79 Å². The SMILES string of the molecule is CO[C@H](C(=O)Nc1ncc(C)s1)c1ccccc1. The van der Waals surface area contributed by atoms with Crippen LogP contribution in [0.25, 0.3) is 0 Å². The second-order valence-electron chi connectivity index (χ2n) is 3.79. The van der Waals surface area contributed by atoms with Crippen molar-refractivity contribution in [2.45, 2.75) is 13.0 Å². The van der Waals surface area contributed by atoms with E-state index in [4.69, 9.17) is 4.74 Å². The maximum absolute atomic E-state index is 12.1. The molecule has 0 unspecified atom stereocenters. The van der Waals surface area contributed by atoms with E-state index in [-0.39, 0.29) is 5.91 Å². The lowest BCUT2D eigenvalue weighted by atomic mass is 10.1. The highest BCUT2D eigenvalue weighted by molar-refractivity contribution is 7.15. The molecular formula is C13H14N2O2S. The fourth-order valence-electron chi connectivity index (χ4n) is 1.61. The molecule has 0 radical (unpaired) electrons. The van der Waals surface area contributed by atoms with Crippen molar-refractivity contribution >= 4 is 22.4 Å². The first-order chi connectivity index (χ1) is 8.70. The summed E-state index contributed by atoms with van der Waals surface area (Å²) in [6, 6.07) is 9.38. The largest absolute Gasteiger partial charge is 0.367 e. The topological polar surface area (TPSA) is 51.2 Å². The lowest BCUT2D eigenvalue weighted by Gasteiger charge is -2.14. The predicted molar refractivity (Wildman–Crippen MR) is 71.7 cm³/mol. The van der Waals surface area contributed by atoms with Gasteiger partial charge in [-0.2, -0.15) is 0 Å². The molecule has 0 spiro atoms. The van der Waals surface area contributed by atoms with Crippen LogP contribution in [0.4, 0.5) is 5.13 Å². The molecule has 1 aromatic carbocycles. The summed E-state index contributed by atoms with van der Waals surface area (Å²) >= 11 is 1.44. The average Bonchev–Trinajstić information content (AvgIpc) is 2.77. The molecular weight excluding hydrogens is 248 g/mol. The summed E-state index contributed by atoms with van der Waals surface area (Å²) in [4.78, 5) is 17.2. The summed E-state index contributed by atoms with van der Waals surface area (Å²) in [5, 5.41) is 3.35. The standard InChI is InChI=1S/C13H14N2O2S/c1-9-8-14-13(18-9)15-12(16)11(17-2)10-6-4-3-5-7-10/h3-8,11H,1-2H3,(H,14,15,16)/t11-/m0/s1. The number of hydrogen-bond donors (Lipinski definition) is 1. The third-order valence-electron chi connectivity index (χ3n) is 2.43. The van der Waals surface area contributed by atoms with Gasteiger partial charge in [0, 0.05) is 18.2 Å². The smallest absolute Gasteiger partial charge is 0.259 e. The first-order valence-electron chi connectivity index (χ1n) is 5.51. The molecule has 0 aliphatic heterocycles. The van der Waals surface area contributed by atoms with Crippen LogP contribution in [-0.4, -0.2) is 18.0 Å². The molecule has 18 heavy (non-hydrogen) atoms. The van der Waals surface area contributed by atoms with E-state index in [0.29, 0.717) is 5.13 Å². The Hall–Kier alpha value is -1.72. The Kier molecular flexibility index (Phi) is 4.07. The van der Waals surface area contributed by atoms with Crippen LogP contribution in [0.2, 0.25) is 0 Å². The number of rotatable bonds is 4. The Morgan fingerprint density at radius 3 is 2.67 bits per heavy atom. The van der Waals surface area contributed by atoms with Crippen LogP contribution in [-0.2, 0) is 9.53 Å². The van der Waals surface area contributed by atoms with Crippen molar-refractivity contribution in [1.82, 2.24) is 4.98 Å². The number of aromatic nitrogens is 1. The first-order valence-corrected chi connectivity index (χ1v) is 6.33. The molecule has 1 amide bonds. The number of amides is 1. The number of ether oxygens (including phenoxy) is 1. The number of anilines is 1. The second-order valence-corrected chi connectivity index (χ2v) is 5.03.